The van der Waals surface area contributed by atoms with Crippen molar-refractivity contribution in [1.82, 2.24) is 4.72 Å². The molecule has 0 heterocycles. The molecule has 4 nitrogen and oxygen atoms in total. The number of sulfonamides is 1. The van der Waals surface area contributed by atoms with Gasteiger partial charge >= 0.3 is 0 Å². The van der Waals surface area contributed by atoms with Gasteiger partial charge in [0.15, 0.2) is 0 Å². The molecule has 0 spiro atoms. The Balaban J connectivity index is 2.67. The average Bonchev–Trinajstić information content (AvgIpc) is 2.38. The second kappa shape index (κ2) is 8.11. The summed E-state index contributed by atoms with van der Waals surface area (Å²) in [6, 6.07) is 4.57. The molecule has 0 unspecified atom stereocenters. The first-order chi connectivity index (χ1) is 9.01. The highest BCUT2D eigenvalue weighted by Crippen LogP contribution is 2.19. The molecule has 1 rings (SSSR count). The number of thioether (sulfide) groups is 1. The molecule has 108 valence electrons. The molecule has 0 fully saturated rings. The van der Waals surface area contributed by atoms with Crippen molar-refractivity contribution in [3.63, 3.8) is 0 Å². The van der Waals surface area contributed by atoms with Crippen molar-refractivity contribution >= 4 is 33.4 Å². The predicted molar refractivity (Wildman–Crippen MR) is 82.1 cm³/mol. The molecule has 0 radical (unpaired) electrons. The SMILES string of the molecule is CSCCCCNS(=O)(=O)c1ccc(Cl)c(CN)c1. The molecule has 19 heavy (non-hydrogen) atoms. The highest BCUT2D eigenvalue weighted by atomic mass is 35.5. The second-order valence-electron chi connectivity index (χ2n) is 4.06. The Kier molecular flexibility index (Phi) is 7.17. The van der Waals surface area contributed by atoms with Gasteiger partial charge < -0.3 is 5.73 Å². The summed E-state index contributed by atoms with van der Waals surface area (Å²) in [5.41, 5.74) is 6.15. The number of rotatable bonds is 8. The van der Waals surface area contributed by atoms with Gasteiger partial charge in [0.1, 0.15) is 0 Å². The lowest BCUT2D eigenvalue weighted by Gasteiger charge is -2.08. The van der Waals surface area contributed by atoms with E-state index in [9.17, 15) is 8.42 Å². The van der Waals surface area contributed by atoms with E-state index >= 15 is 0 Å². The highest BCUT2D eigenvalue weighted by Gasteiger charge is 2.14. The molecule has 1 aromatic rings. The lowest BCUT2D eigenvalue weighted by Crippen LogP contribution is -2.25. The summed E-state index contributed by atoms with van der Waals surface area (Å²) in [5, 5.41) is 0.487. The van der Waals surface area contributed by atoms with Crippen LogP contribution in [-0.2, 0) is 16.6 Å². The van der Waals surface area contributed by atoms with Crippen molar-refractivity contribution in [2.75, 3.05) is 18.6 Å². The maximum Gasteiger partial charge on any atom is 0.240 e. The van der Waals surface area contributed by atoms with Crippen molar-refractivity contribution in [3.8, 4) is 0 Å². The van der Waals surface area contributed by atoms with E-state index in [4.69, 9.17) is 17.3 Å². The first kappa shape index (κ1) is 16.8. The third-order valence-corrected chi connectivity index (χ3v) is 5.14. The van der Waals surface area contributed by atoms with E-state index in [0.717, 1.165) is 18.6 Å². The molecule has 1 aromatic carbocycles. The monoisotopic (exact) mass is 322 g/mol. The molecule has 0 saturated heterocycles. The molecule has 0 saturated carbocycles. The van der Waals surface area contributed by atoms with E-state index in [1.165, 1.54) is 12.1 Å². The second-order valence-corrected chi connectivity index (χ2v) is 7.21. The van der Waals surface area contributed by atoms with Crippen LogP contribution in [0.5, 0.6) is 0 Å². The summed E-state index contributed by atoms with van der Waals surface area (Å²) in [5.74, 6) is 1.04. The van der Waals surface area contributed by atoms with E-state index in [1.54, 1.807) is 17.8 Å². The normalized spacial score (nSPS) is 11.7. The van der Waals surface area contributed by atoms with Gasteiger partial charge in [-0.15, -0.1) is 0 Å². The molecule has 7 heteroatoms. The lowest BCUT2D eigenvalue weighted by atomic mass is 10.2. The molecule has 0 atom stereocenters. The third-order valence-electron chi connectivity index (χ3n) is 2.61. The molecule has 0 aromatic heterocycles. The first-order valence-corrected chi connectivity index (χ1v) is 9.24. The lowest BCUT2D eigenvalue weighted by molar-refractivity contribution is 0.578. The highest BCUT2D eigenvalue weighted by molar-refractivity contribution is 7.98. The number of nitrogens with one attached hydrogen (secondary N) is 1. The van der Waals surface area contributed by atoms with Gasteiger partial charge in [-0.1, -0.05) is 11.6 Å². The van der Waals surface area contributed by atoms with Crippen LogP contribution in [-0.4, -0.2) is 27.0 Å². The van der Waals surface area contributed by atoms with Crippen molar-refractivity contribution in [3.05, 3.63) is 28.8 Å². The summed E-state index contributed by atoms with van der Waals surface area (Å²) in [4.78, 5) is 0.210. The van der Waals surface area contributed by atoms with Crippen LogP contribution in [0.2, 0.25) is 5.02 Å². The largest absolute Gasteiger partial charge is 0.326 e. The summed E-state index contributed by atoms with van der Waals surface area (Å²) < 4.78 is 26.7. The Bertz CT molecular complexity index is 506. The van der Waals surface area contributed by atoms with Crippen LogP contribution in [0.3, 0.4) is 0 Å². The van der Waals surface area contributed by atoms with E-state index in [2.05, 4.69) is 4.72 Å². The molecule has 0 aliphatic heterocycles. The van der Waals surface area contributed by atoms with Crippen LogP contribution < -0.4 is 10.5 Å². The van der Waals surface area contributed by atoms with E-state index < -0.39 is 10.0 Å². The number of unbranched alkanes of at least 4 members (excludes halogenated alkanes) is 1. The minimum atomic E-state index is -3.47. The van der Waals surface area contributed by atoms with Gasteiger partial charge in [0.2, 0.25) is 10.0 Å². The molecule has 0 aliphatic rings. The van der Waals surface area contributed by atoms with Crippen molar-refractivity contribution in [1.29, 1.82) is 0 Å². The summed E-state index contributed by atoms with van der Waals surface area (Å²) in [6.45, 7) is 0.666. The van der Waals surface area contributed by atoms with Crippen LogP contribution in [0.4, 0.5) is 0 Å². The standard InChI is InChI=1S/C12H19ClN2O2S2/c1-18-7-3-2-6-15-19(16,17)11-4-5-12(13)10(8-11)9-14/h4-5,8,15H,2-3,6-7,9,14H2,1H3. The Morgan fingerprint density at radius 2 is 2.11 bits per heavy atom. The Hall–Kier alpha value is -0.270. The number of halogens is 1. The molecular formula is C12H19ClN2O2S2. The molecule has 0 bridgehead atoms. The van der Waals surface area contributed by atoms with Gasteiger partial charge in [-0.3, -0.25) is 0 Å². The summed E-state index contributed by atoms with van der Waals surface area (Å²) in [6.07, 6.45) is 3.86. The fourth-order valence-corrected chi connectivity index (χ4v) is 3.35. The van der Waals surface area contributed by atoms with Gasteiger partial charge in [-0.2, -0.15) is 11.8 Å². The van der Waals surface area contributed by atoms with Crippen LogP contribution in [0.15, 0.2) is 23.1 Å². The fourth-order valence-electron chi connectivity index (χ4n) is 1.54. The minimum absolute atomic E-state index is 0.210. The quantitative estimate of drug-likeness (QED) is 0.720. The molecule has 3 N–H and O–H groups in total. The number of benzene rings is 1. The Labute approximate surface area is 124 Å². The van der Waals surface area contributed by atoms with E-state index in [-0.39, 0.29) is 11.4 Å². The van der Waals surface area contributed by atoms with Crippen LogP contribution in [0.1, 0.15) is 18.4 Å². The Morgan fingerprint density at radius 1 is 1.37 bits per heavy atom. The van der Waals surface area contributed by atoms with Crippen LogP contribution in [0, 0.1) is 0 Å². The topological polar surface area (TPSA) is 72.2 Å². The maximum atomic E-state index is 12.0. The van der Waals surface area contributed by atoms with Gasteiger partial charge in [0, 0.05) is 18.1 Å². The van der Waals surface area contributed by atoms with Crippen molar-refractivity contribution in [2.45, 2.75) is 24.3 Å². The number of hydrogen-bond donors (Lipinski definition) is 2. The third kappa shape index (κ3) is 5.31. The molecular weight excluding hydrogens is 304 g/mol. The minimum Gasteiger partial charge on any atom is -0.326 e. The van der Waals surface area contributed by atoms with Crippen molar-refractivity contribution < 1.29 is 8.42 Å². The first-order valence-electron chi connectivity index (χ1n) is 5.98. The van der Waals surface area contributed by atoms with E-state index in [0.29, 0.717) is 17.1 Å². The molecule has 0 amide bonds. The smallest absolute Gasteiger partial charge is 0.240 e. The number of nitrogens with two attached hydrogens (primary N) is 1. The Morgan fingerprint density at radius 3 is 2.74 bits per heavy atom. The fraction of sp³-hybridized carbons (Fsp3) is 0.500. The zero-order valence-corrected chi connectivity index (χ0v) is 13.2. The van der Waals surface area contributed by atoms with Crippen LogP contribution in [0.25, 0.3) is 0 Å². The van der Waals surface area contributed by atoms with Crippen molar-refractivity contribution in [2.24, 2.45) is 5.73 Å². The zero-order valence-electron chi connectivity index (χ0n) is 10.9. The van der Waals surface area contributed by atoms with Gasteiger partial charge in [0.05, 0.1) is 4.90 Å². The number of hydrogen-bond acceptors (Lipinski definition) is 4. The van der Waals surface area contributed by atoms with E-state index in [1.807, 2.05) is 6.26 Å². The zero-order chi connectivity index (χ0) is 14.3. The average molecular weight is 323 g/mol. The predicted octanol–water partition coefficient (Wildman–Crippen LogP) is 2.22. The summed E-state index contributed by atoms with van der Waals surface area (Å²) in [7, 11) is -3.47. The molecule has 0 aliphatic carbocycles. The maximum absolute atomic E-state index is 12.0. The summed E-state index contributed by atoms with van der Waals surface area (Å²) >= 11 is 7.67. The van der Waals surface area contributed by atoms with Gasteiger partial charge in [-0.05, 0) is 48.6 Å². The van der Waals surface area contributed by atoms with Gasteiger partial charge in [-0.25, -0.2) is 13.1 Å². The van der Waals surface area contributed by atoms with Crippen LogP contribution >= 0.6 is 23.4 Å². The van der Waals surface area contributed by atoms with Gasteiger partial charge in [0.25, 0.3) is 0 Å².